The first-order valence-electron chi connectivity index (χ1n) is 15.7. The molecule has 4 amide bonds. The number of carbonyl (C=O) groups is 4. The lowest BCUT2D eigenvalue weighted by molar-refractivity contribution is -0.141. The van der Waals surface area contributed by atoms with Gasteiger partial charge in [-0.05, 0) is 56.9 Å². The molecule has 2 heterocycles. The van der Waals surface area contributed by atoms with Crippen molar-refractivity contribution in [3.8, 4) is 5.75 Å². The van der Waals surface area contributed by atoms with Gasteiger partial charge in [0.15, 0.2) is 11.6 Å². The van der Waals surface area contributed by atoms with E-state index in [-0.39, 0.29) is 25.4 Å². The Bertz CT molecular complexity index is 1550. The second kappa shape index (κ2) is 14.2. The van der Waals surface area contributed by atoms with Crippen LogP contribution in [0.25, 0.3) is 0 Å². The average molecular weight is 671 g/mol. The quantitative estimate of drug-likeness (QED) is 0.408. The molecular formula is C35H44F2N4O7. The summed E-state index contributed by atoms with van der Waals surface area (Å²) in [6, 6.07) is 9.35. The SMILES string of the molecule is CC(C(=O)NC(C(=O)N1CC=C2C1C(Oc1ccc(F)c(F)c1)CN2C(=O)OC(C)(C)C)C(C)(C)C)N(C)C(=O)OCc1ccccc1. The molecule has 4 rings (SSSR count). The van der Waals surface area contributed by atoms with Crippen LogP contribution in [0.4, 0.5) is 18.4 Å². The molecule has 2 aliphatic rings. The first-order valence-corrected chi connectivity index (χ1v) is 15.7. The highest BCUT2D eigenvalue weighted by molar-refractivity contribution is 5.92. The van der Waals surface area contributed by atoms with Crippen LogP contribution in [0.1, 0.15) is 54.0 Å². The minimum absolute atomic E-state index is 0.0141. The third kappa shape index (κ3) is 8.42. The zero-order valence-electron chi connectivity index (χ0n) is 28.6. The molecule has 1 N–H and O–H groups in total. The van der Waals surface area contributed by atoms with Gasteiger partial charge in [0.2, 0.25) is 11.8 Å². The van der Waals surface area contributed by atoms with E-state index in [0.29, 0.717) is 5.70 Å². The molecule has 1 saturated heterocycles. The van der Waals surface area contributed by atoms with Gasteiger partial charge in [-0.2, -0.15) is 0 Å². The van der Waals surface area contributed by atoms with E-state index in [1.165, 1.54) is 29.8 Å². The fourth-order valence-corrected chi connectivity index (χ4v) is 5.42. The number of nitrogens with zero attached hydrogens (tertiary/aromatic N) is 3. The van der Waals surface area contributed by atoms with E-state index in [4.69, 9.17) is 14.2 Å². The van der Waals surface area contributed by atoms with Crippen molar-refractivity contribution < 1.29 is 42.2 Å². The Labute approximate surface area is 279 Å². The van der Waals surface area contributed by atoms with E-state index in [9.17, 15) is 28.0 Å². The van der Waals surface area contributed by atoms with E-state index in [2.05, 4.69) is 5.32 Å². The molecular weight excluding hydrogens is 626 g/mol. The Morgan fingerprint density at radius 2 is 1.67 bits per heavy atom. The average Bonchev–Trinajstić information content (AvgIpc) is 3.60. The van der Waals surface area contributed by atoms with Crippen LogP contribution in [-0.2, 0) is 25.7 Å². The zero-order chi connectivity index (χ0) is 35.6. The maximum absolute atomic E-state index is 14.3. The fourth-order valence-electron chi connectivity index (χ4n) is 5.42. The van der Waals surface area contributed by atoms with Crippen molar-refractivity contribution in [2.75, 3.05) is 20.1 Å². The van der Waals surface area contributed by atoms with Gasteiger partial charge in [0.1, 0.15) is 42.2 Å². The third-order valence-electron chi connectivity index (χ3n) is 8.09. The summed E-state index contributed by atoms with van der Waals surface area (Å²) in [5, 5.41) is 2.83. The topological polar surface area (TPSA) is 118 Å². The highest BCUT2D eigenvalue weighted by Crippen LogP contribution is 2.37. The molecule has 1 fully saturated rings. The predicted molar refractivity (Wildman–Crippen MR) is 173 cm³/mol. The van der Waals surface area contributed by atoms with Crippen molar-refractivity contribution in [2.45, 2.75) is 84.9 Å². The van der Waals surface area contributed by atoms with Crippen molar-refractivity contribution in [1.82, 2.24) is 20.0 Å². The summed E-state index contributed by atoms with van der Waals surface area (Å²) in [5.74, 6) is -3.18. The lowest BCUT2D eigenvalue weighted by atomic mass is 9.85. The molecule has 4 atom stereocenters. The van der Waals surface area contributed by atoms with Crippen LogP contribution in [-0.4, -0.2) is 88.7 Å². The second-order valence-corrected chi connectivity index (χ2v) is 14.0. The summed E-state index contributed by atoms with van der Waals surface area (Å²) in [6.45, 7) is 12.2. The summed E-state index contributed by atoms with van der Waals surface area (Å²) in [4.78, 5) is 57.8. The molecule has 4 unspecified atom stereocenters. The number of rotatable bonds is 8. The Hall–Kier alpha value is -4.68. The van der Waals surface area contributed by atoms with Crippen LogP contribution in [0.5, 0.6) is 5.75 Å². The number of hydrogen-bond donors (Lipinski definition) is 1. The van der Waals surface area contributed by atoms with E-state index >= 15 is 0 Å². The van der Waals surface area contributed by atoms with Crippen LogP contribution < -0.4 is 10.1 Å². The molecule has 260 valence electrons. The summed E-state index contributed by atoms with van der Waals surface area (Å²) < 4.78 is 44.8. The molecule has 2 aromatic carbocycles. The van der Waals surface area contributed by atoms with E-state index < -0.39 is 70.9 Å². The monoisotopic (exact) mass is 670 g/mol. The zero-order valence-corrected chi connectivity index (χ0v) is 28.6. The molecule has 11 nitrogen and oxygen atoms in total. The highest BCUT2D eigenvalue weighted by Gasteiger charge is 2.52. The molecule has 0 aromatic heterocycles. The number of halogens is 2. The van der Waals surface area contributed by atoms with Crippen LogP contribution in [0.3, 0.4) is 0 Å². The Balaban J connectivity index is 1.53. The van der Waals surface area contributed by atoms with Crippen molar-refractivity contribution in [2.24, 2.45) is 5.41 Å². The Kier molecular flexibility index (Phi) is 10.7. The predicted octanol–water partition coefficient (Wildman–Crippen LogP) is 5.25. The van der Waals surface area contributed by atoms with E-state index in [1.54, 1.807) is 47.6 Å². The minimum Gasteiger partial charge on any atom is -0.486 e. The van der Waals surface area contributed by atoms with Crippen molar-refractivity contribution in [3.05, 3.63) is 77.5 Å². The number of carbonyl (C=O) groups excluding carboxylic acids is 4. The van der Waals surface area contributed by atoms with Crippen LogP contribution in [0.2, 0.25) is 0 Å². The smallest absolute Gasteiger partial charge is 0.414 e. The van der Waals surface area contributed by atoms with Gasteiger partial charge in [-0.15, -0.1) is 0 Å². The fraction of sp³-hybridized carbons (Fsp3) is 0.486. The molecule has 0 bridgehead atoms. The molecule has 13 heteroatoms. The lowest BCUT2D eigenvalue weighted by Gasteiger charge is -2.37. The van der Waals surface area contributed by atoms with E-state index in [0.717, 1.165) is 22.6 Å². The first-order chi connectivity index (χ1) is 22.4. The van der Waals surface area contributed by atoms with Gasteiger partial charge in [0.05, 0.1) is 6.54 Å². The first kappa shape index (κ1) is 36.2. The molecule has 48 heavy (non-hydrogen) atoms. The van der Waals surface area contributed by atoms with Gasteiger partial charge in [-0.25, -0.2) is 18.4 Å². The van der Waals surface area contributed by atoms with Crippen molar-refractivity contribution in [1.29, 1.82) is 0 Å². The number of benzene rings is 2. The molecule has 0 aliphatic carbocycles. The largest absolute Gasteiger partial charge is 0.486 e. The van der Waals surface area contributed by atoms with Crippen molar-refractivity contribution >= 4 is 24.0 Å². The number of likely N-dealkylation sites (N-methyl/N-ethyl adjacent to an activating group) is 1. The van der Waals surface area contributed by atoms with Gasteiger partial charge < -0.3 is 24.4 Å². The number of ether oxygens (including phenoxy) is 3. The summed E-state index contributed by atoms with van der Waals surface area (Å²) in [6.07, 6.45) is -0.525. The second-order valence-electron chi connectivity index (χ2n) is 14.0. The highest BCUT2D eigenvalue weighted by atomic mass is 19.2. The van der Waals surface area contributed by atoms with Gasteiger partial charge in [0, 0.05) is 25.4 Å². The van der Waals surface area contributed by atoms with Crippen molar-refractivity contribution in [3.63, 3.8) is 0 Å². The Morgan fingerprint density at radius 1 is 1.00 bits per heavy atom. The summed E-state index contributed by atoms with van der Waals surface area (Å²) >= 11 is 0. The normalized spacial score (nSPS) is 18.8. The third-order valence-corrected chi connectivity index (χ3v) is 8.09. The van der Waals surface area contributed by atoms with Crippen LogP contribution in [0.15, 0.2) is 60.3 Å². The van der Waals surface area contributed by atoms with E-state index in [1.807, 2.05) is 30.3 Å². The van der Waals surface area contributed by atoms with Crippen LogP contribution in [0, 0.1) is 17.0 Å². The van der Waals surface area contributed by atoms with Crippen LogP contribution >= 0.6 is 0 Å². The molecule has 0 spiro atoms. The molecule has 2 aromatic rings. The molecule has 2 aliphatic heterocycles. The number of amides is 4. The minimum atomic E-state index is -1.11. The summed E-state index contributed by atoms with van der Waals surface area (Å²) in [5.41, 5.74) is -0.350. The Morgan fingerprint density at radius 3 is 2.27 bits per heavy atom. The van der Waals surface area contributed by atoms with Gasteiger partial charge in [0.25, 0.3) is 0 Å². The number of likely N-dealkylation sites (tertiary alicyclic amines) is 1. The van der Waals surface area contributed by atoms with Gasteiger partial charge in [-0.1, -0.05) is 51.1 Å². The van der Waals surface area contributed by atoms with Gasteiger partial charge in [-0.3, -0.25) is 19.4 Å². The lowest BCUT2D eigenvalue weighted by Crippen LogP contribution is -2.60. The number of hydrogen-bond acceptors (Lipinski definition) is 7. The molecule has 0 saturated carbocycles. The maximum Gasteiger partial charge on any atom is 0.414 e. The maximum atomic E-state index is 14.3. The summed E-state index contributed by atoms with van der Waals surface area (Å²) in [7, 11) is 1.44. The number of nitrogens with one attached hydrogen (secondary N) is 1. The van der Waals surface area contributed by atoms with Gasteiger partial charge >= 0.3 is 12.2 Å². The standard InChI is InChI=1S/C35H44F2N4O7/c1-21(39(8)32(44)46-20-22-12-10-9-11-13-22)30(42)38-29(34(2,3)4)31(43)40-17-16-26-28(40)27(19-41(26)33(45)48-35(5,6)7)47-23-14-15-24(36)25(37)18-23/h9-16,18,21,27-29H,17,19-20H2,1-8H3,(H,38,42). The molecule has 0 radical (unpaired) electrons. The number of fused-ring (bicyclic) bond motifs is 1.